The Morgan fingerprint density at radius 1 is 1.20 bits per heavy atom. The number of benzene rings is 1. The van der Waals surface area contributed by atoms with Gasteiger partial charge in [0, 0.05) is 16.3 Å². The fraction of sp³-hybridized carbons (Fsp3) is 0.455. The van der Waals surface area contributed by atoms with Gasteiger partial charge in [-0.15, -0.1) is 0 Å². The quantitative estimate of drug-likeness (QED) is 0.613. The lowest BCUT2D eigenvalue weighted by molar-refractivity contribution is 0.614. The van der Waals surface area contributed by atoms with Crippen molar-refractivity contribution in [3.63, 3.8) is 0 Å². The van der Waals surface area contributed by atoms with Crippen molar-refractivity contribution in [3.8, 4) is 0 Å². The Hall–Kier alpha value is 0.0700. The minimum atomic E-state index is -0.193. The molecule has 1 aromatic rings. The number of halogens is 3. The number of hydrogen-bond acceptors (Lipinski definition) is 1. The molecule has 0 saturated heterocycles. The van der Waals surface area contributed by atoms with Crippen LogP contribution >= 0.6 is 31.9 Å². The van der Waals surface area contributed by atoms with E-state index >= 15 is 0 Å². The van der Waals surface area contributed by atoms with Crippen LogP contribution in [0.15, 0.2) is 22.7 Å². The number of unbranched alkanes of at least 4 members (excludes halogenated alkanes) is 1. The summed E-state index contributed by atoms with van der Waals surface area (Å²) in [6.45, 7) is 1.69. The zero-order valence-electron chi connectivity index (χ0n) is 8.40. The minimum absolute atomic E-state index is 0.193. The third kappa shape index (κ3) is 5.64. The first-order valence-corrected chi connectivity index (χ1v) is 6.85. The van der Waals surface area contributed by atoms with E-state index in [9.17, 15) is 4.39 Å². The van der Waals surface area contributed by atoms with Crippen LogP contribution in [-0.2, 0) is 6.54 Å². The van der Waals surface area contributed by atoms with Gasteiger partial charge in [0.15, 0.2) is 0 Å². The Balaban J connectivity index is 2.31. The average molecular weight is 339 g/mol. The highest BCUT2D eigenvalue weighted by molar-refractivity contribution is 9.10. The number of rotatable bonds is 6. The smallest absolute Gasteiger partial charge is 0.124 e. The Bertz CT molecular complexity index is 284. The molecule has 0 amide bonds. The third-order valence-corrected chi connectivity index (χ3v) is 3.01. The first-order valence-electron chi connectivity index (χ1n) is 4.94. The van der Waals surface area contributed by atoms with E-state index in [1.807, 2.05) is 6.07 Å². The molecule has 1 rings (SSSR count). The second-order valence-corrected chi connectivity index (χ2v) is 5.06. The molecular formula is C11H14Br2FN. The number of hydrogen-bond donors (Lipinski definition) is 1. The van der Waals surface area contributed by atoms with Crippen molar-refractivity contribution in [2.45, 2.75) is 19.4 Å². The van der Waals surface area contributed by atoms with Crippen LogP contribution in [0, 0.1) is 5.82 Å². The van der Waals surface area contributed by atoms with E-state index in [0.717, 1.165) is 34.9 Å². The summed E-state index contributed by atoms with van der Waals surface area (Å²) < 4.78 is 13.8. The zero-order valence-corrected chi connectivity index (χ0v) is 11.6. The molecule has 0 heterocycles. The van der Waals surface area contributed by atoms with Crippen molar-refractivity contribution in [2.24, 2.45) is 0 Å². The third-order valence-electron chi connectivity index (χ3n) is 1.99. The van der Waals surface area contributed by atoms with Gasteiger partial charge in [-0.05, 0) is 43.1 Å². The lowest BCUT2D eigenvalue weighted by atomic mass is 10.2. The maximum Gasteiger partial charge on any atom is 0.124 e. The van der Waals surface area contributed by atoms with Gasteiger partial charge in [-0.1, -0.05) is 31.9 Å². The highest BCUT2D eigenvalue weighted by Gasteiger charge is 1.98. The van der Waals surface area contributed by atoms with Crippen LogP contribution in [0.3, 0.4) is 0 Å². The molecule has 0 aliphatic carbocycles. The molecule has 0 unspecified atom stereocenters. The molecule has 0 radical (unpaired) electrons. The second-order valence-electron chi connectivity index (χ2n) is 3.35. The molecule has 0 aliphatic heterocycles. The van der Waals surface area contributed by atoms with Crippen molar-refractivity contribution in [3.05, 3.63) is 34.1 Å². The van der Waals surface area contributed by atoms with Crippen LogP contribution in [0.1, 0.15) is 18.4 Å². The van der Waals surface area contributed by atoms with Gasteiger partial charge in [0.2, 0.25) is 0 Å². The molecule has 84 valence electrons. The number of nitrogens with one attached hydrogen (secondary N) is 1. The molecule has 0 aromatic heterocycles. The van der Waals surface area contributed by atoms with Crippen molar-refractivity contribution < 1.29 is 4.39 Å². The van der Waals surface area contributed by atoms with E-state index in [1.54, 1.807) is 6.07 Å². The average Bonchev–Trinajstić information content (AvgIpc) is 2.16. The van der Waals surface area contributed by atoms with Crippen molar-refractivity contribution in [2.75, 3.05) is 11.9 Å². The monoisotopic (exact) mass is 337 g/mol. The summed E-state index contributed by atoms with van der Waals surface area (Å²) in [7, 11) is 0. The van der Waals surface area contributed by atoms with Crippen LogP contribution < -0.4 is 5.32 Å². The maximum absolute atomic E-state index is 13.0. The summed E-state index contributed by atoms with van der Waals surface area (Å²) in [6.07, 6.45) is 2.31. The fourth-order valence-corrected chi connectivity index (χ4v) is 2.20. The van der Waals surface area contributed by atoms with E-state index in [4.69, 9.17) is 0 Å². The molecule has 0 aliphatic rings. The topological polar surface area (TPSA) is 12.0 Å². The van der Waals surface area contributed by atoms with Crippen LogP contribution in [0.2, 0.25) is 0 Å². The molecule has 1 N–H and O–H groups in total. The summed E-state index contributed by atoms with van der Waals surface area (Å²) in [5.74, 6) is -0.193. The van der Waals surface area contributed by atoms with Gasteiger partial charge in [-0.25, -0.2) is 4.39 Å². The van der Waals surface area contributed by atoms with Crippen molar-refractivity contribution in [1.29, 1.82) is 0 Å². The van der Waals surface area contributed by atoms with Gasteiger partial charge in [-0.2, -0.15) is 0 Å². The number of alkyl halides is 1. The SMILES string of the molecule is Fc1cc(Br)cc(CNCCCCBr)c1. The lowest BCUT2D eigenvalue weighted by Gasteiger charge is -2.05. The highest BCUT2D eigenvalue weighted by atomic mass is 79.9. The predicted molar refractivity (Wildman–Crippen MR) is 68.8 cm³/mol. The predicted octanol–water partition coefficient (Wildman–Crippen LogP) is 3.85. The van der Waals surface area contributed by atoms with Gasteiger partial charge in [-0.3, -0.25) is 0 Å². The van der Waals surface area contributed by atoms with Gasteiger partial charge >= 0.3 is 0 Å². The molecule has 0 spiro atoms. The summed E-state index contributed by atoms with van der Waals surface area (Å²) in [6, 6.07) is 4.96. The summed E-state index contributed by atoms with van der Waals surface area (Å²) in [5, 5.41) is 4.32. The molecule has 1 nitrogen and oxygen atoms in total. The Labute approximate surface area is 107 Å². The lowest BCUT2D eigenvalue weighted by Crippen LogP contribution is -2.14. The van der Waals surface area contributed by atoms with Crippen molar-refractivity contribution in [1.82, 2.24) is 5.32 Å². The van der Waals surface area contributed by atoms with Crippen LogP contribution in [0.25, 0.3) is 0 Å². The van der Waals surface area contributed by atoms with Crippen LogP contribution in [0.5, 0.6) is 0 Å². The normalized spacial score (nSPS) is 10.6. The molecule has 15 heavy (non-hydrogen) atoms. The van der Waals surface area contributed by atoms with E-state index in [-0.39, 0.29) is 5.82 Å². The summed E-state index contributed by atoms with van der Waals surface area (Å²) >= 11 is 6.65. The van der Waals surface area contributed by atoms with Gasteiger partial charge in [0.1, 0.15) is 5.82 Å². The van der Waals surface area contributed by atoms with Crippen LogP contribution in [0.4, 0.5) is 4.39 Å². The largest absolute Gasteiger partial charge is 0.313 e. The van der Waals surface area contributed by atoms with E-state index in [1.165, 1.54) is 12.5 Å². The van der Waals surface area contributed by atoms with E-state index in [0.29, 0.717) is 0 Å². The maximum atomic E-state index is 13.0. The summed E-state index contributed by atoms with van der Waals surface area (Å²) in [4.78, 5) is 0. The summed E-state index contributed by atoms with van der Waals surface area (Å²) in [5.41, 5.74) is 0.973. The molecule has 0 atom stereocenters. The Kier molecular flexibility index (Phi) is 6.45. The van der Waals surface area contributed by atoms with Gasteiger partial charge < -0.3 is 5.32 Å². The molecular weight excluding hydrogens is 325 g/mol. The molecule has 0 fully saturated rings. The second kappa shape index (κ2) is 7.36. The fourth-order valence-electron chi connectivity index (χ4n) is 1.29. The standard InChI is InChI=1S/C11H14Br2FN/c12-3-1-2-4-15-8-9-5-10(13)7-11(14)6-9/h5-7,15H,1-4,8H2. The Morgan fingerprint density at radius 3 is 2.67 bits per heavy atom. The van der Waals surface area contributed by atoms with Gasteiger partial charge in [0.05, 0.1) is 0 Å². The first-order chi connectivity index (χ1) is 7.22. The Morgan fingerprint density at radius 2 is 2.00 bits per heavy atom. The van der Waals surface area contributed by atoms with Crippen molar-refractivity contribution >= 4 is 31.9 Å². The van der Waals surface area contributed by atoms with Crippen LogP contribution in [-0.4, -0.2) is 11.9 Å². The molecule has 4 heteroatoms. The van der Waals surface area contributed by atoms with Gasteiger partial charge in [0.25, 0.3) is 0 Å². The zero-order chi connectivity index (χ0) is 11.1. The van der Waals surface area contributed by atoms with E-state index < -0.39 is 0 Å². The van der Waals surface area contributed by atoms with E-state index in [2.05, 4.69) is 37.2 Å². The minimum Gasteiger partial charge on any atom is -0.313 e. The highest BCUT2D eigenvalue weighted by Crippen LogP contribution is 2.14. The molecule has 1 aromatic carbocycles. The molecule has 0 bridgehead atoms. The molecule has 0 saturated carbocycles. The first kappa shape index (κ1) is 13.1.